The number of guanidine groups is 1. The van der Waals surface area contributed by atoms with E-state index < -0.39 is 0 Å². The first-order valence-electron chi connectivity index (χ1n) is 10.2. The Bertz CT molecular complexity index is 591. The zero-order valence-electron chi connectivity index (χ0n) is 18.5. The van der Waals surface area contributed by atoms with Crippen molar-refractivity contribution >= 4 is 35.8 Å². The summed E-state index contributed by atoms with van der Waals surface area (Å²) in [5, 5.41) is 9.54. The molecule has 0 saturated carbocycles. The molecule has 1 unspecified atom stereocenters. The quantitative estimate of drug-likeness (QED) is 0.171. The minimum Gasteiger partial charge on any atom is -0.497 e. The maximum atomic E-state index is 12.1. The highest BCUT2D eigenvalue weighted by Gasteiger charge is 2.08. The first-order chi connectivity index (χ1) is 13.5. The SMILES string of the molecule is CCN(CC)CCCC(C)NC(=NC)NCCNC(=O)c1ccc(OC)cc1.I. The second-order valence-corrected chi connectivity index (χ2v) is 6.70. The molecule has 166 valence electrons. The summed E-state index contributed by atoms with van der Waals surface area (Å²) >= 11 is 0. The van der Waals surface area contributed by atoms with E-state index in [1.165, 1.54) is 0 Å². The molecule has 0 aliphatic heterocycles. The van der Waals surface area contributed by atoms with Crippen LogP contribution >= 0.6 is 24.0 Å². The second-order valence-electron chi connectivity index (χ2n) is 6.70. The number of rotatable bonds is 12. The Kier molecular flexibility index (Phi) is 15.4. The number of hydrogen-bond donors (Lipinski definition) is 3. The maximum Gasteiger partial charge on any atom is 0.251 e. The van der Waals surface area contributed by atoms with Crippen molar-refractivity contribution in [2.24, 2.45) is 4.99 Å². The van der Waals surface area contributed by atoms with Gasteiger partial charge in [0.1, 0.15) is 5.75 Å². The summed E-state index contributed by atoms with van der Waals surface area (Å²) in [5.74, 6) is 1.39. The highest BCUT2D eigenvalue weighted by molar-refractivity contribution is 14.0. The number of nitrogens with zero attached hydrogens (tertiary/aromatic N) is 2. The van der Waals surface area contributed by atoms with E-state index in [-0.39, 0.29) is 29.9 Å². The fourth-order valence-corrected chi connectivity index (χ4v) is 2.86. The Labute approximate surface area is 193 Å². The molecule has 0 saturated heterocycles. The molecule has 1 aromatic carbocycles. The van der Waals surface area contributed by atoms with Gasteiger partial charge in [0.05, 0.1) is 7.11 Å². The minimum absolute atomic E-state index is 0. The van der Waals surface area contributed by atoms with Crippen LogP contribution in [0.3, 0.4) is 0 Å². The number of halogens is 1. The number of carbonyl (C=O) groups excluding carboxylic acids is 1. The molecule has 0 aliphatic rings. The van der Waals surface area contributed by atoms with E-state index in [0.29, 0.717) is 24.7 Å². The molecule has 1 aromatic rings. The van der Waals surface area contributed by atoms with Crippen LogP contribution in [0.4, 0.5) is 0 Å². The summed E-state index contributed by atoms with van der Waals surface area (Å²) in [6.45, 7) is 11.0. The van der Waals surface area contributed by atoms with Crippen molar-refractivity contribution < 1.29 is 9.53 Å². The van der Waals surface area contributed by atoms with E-state index in [0.717, 1.165) is 44.2 Å². The lowest BCUT2D eigenvalue weighted by molar-refractivity contribution is 0.0954. The number of amides is 1. The van der Waals surface area contributed by atoms with E-state index in [9.17, 15) is 4.79 Å². The van der Waals surface area contributed by atoms with Gasteiger partial charge in [0.2, 0.25) is 0 Å². The van der Waals surface area contributed by atoms with E-state index in [4.69, 9.17) is 4.74 Å². The molecule has 8 heteroatoms. The average molecular weight is 519 g/mol. The summed E-state index contributed by atoms with van der Waals surface area (Å²) in [6.07, 6.45) is 2.25. The normalized spacial score (nSPS) is 12.1. The summed E-state index contributed by atoms with van der Waals surface area (Å²) in [4.78, 5) is 18.8. The van der Waals surface area contributed by atoms with Crippen LogP contribution < -0.4 is 20.7 Å². The molecule has 0 aromatic heterocycles. The molecular weight excluding hydrogens is 481 g/mol. The van der Waals surface area contributed by atoms with Gasteiger partial charge in [0, 0.05) is 31.7 Å². The van der Waals surface area contributed by atoms with Crippen LogP contribution in [0.15, 0.2) is 29.3 Å². The highest BCUT2D eigenvalue weighted by atomic mass is 127. The van der Waals surface area contributed by atoms with Crippen molar-refractivity contribution in [3.63, 3.8) is 0 Å². The molecule has 7 nitrogen and oxygen atoms in total. The third-order valence-electron chi connectivity index (χ3n) is 4.67. The summed E-state index contributed by atoms with van der Waals surface area (Å²) < 4.78 is 5.10. The number of nitrogens with one attached hydrogen (secondary N) is 3. The molecule has 1 atom stereocenters. The number of benzene rings is 1. The van der Waals surface area contributed by atoms with Crippen molar-refractivity contribution in [3.8, 4) is 5.75 Å². The van der Waals surface area contributed by atoms with Crippen molar-refractivity contribution in [2.45, 2.75) is 39.7 Å². The Morgan fingerprint density at radius 2 is 1.76 bits per heavy atom. The molecular formula is C21H38IN5O2. The third-order valence-corrected chi connectivity index (χ3v) is 4.67. The Hall–Kier alpha value is -1.55. The van der Waals surface area contributed by atoms with Crippen LogP contribution in [0, 0.1) is 0 Å². The number of hydrogen-bond acceptors (Lipinski definition) is 4. The lowest BCUT2D eigenvalue weighted by atomic mass is 10.2. The number of aliphatic imine (C=N–C) groups is 1. The smallest absolute Gasteiger partial charge is 0.251 e. The molecule has 3 N–H and O–H groups in total. The Morgan fingerprint density at radius 1 is 1.14 bits per heavy atom. The molecule has 1 rings (SSSR count). The van der Waals surface area contributed by atoms with Crippen molar-refractivity contribution in [3.05, 3.63) is 29.8 Å². The Morgan fingerprint density at radius 3 is 2.31 bits per heavy atom. The zero-order valence-corrected chi connectivity index (χ0v) is 20.8. The van der Waals surface area contributed by atoms with Crippen LogP contribution in [0.2, 0.25) is 0 Å². The molecule has 29 heavy (non-hydrogen) atoms. The summed E-state index contributed by atoms with van der Waals surface area (Å²) in [7, 11) is 3.36. The first kappa shape index (κ1) is 27.5. The zero-order chi connectivity index (χ0) is 20.8. The number of methoxy groups -OCH3 is 1. The first-order valence-corrected chi connectivity index (χ1v) is 10.2. The van der Waals surface area contributed by atoms with Crippen molar-refractivity contribution in [2.75, 3.05) is 46.9 Å². The number of ether oxygens (including phenoxy) is 1. The van der Waals surface area contributed by atoms with Crippen LogP contribution in [-0.4, -0.2) is 69.7 Å². The monoisotopic (exact) mass is 519 g/mol. The molecule has 0 bridgehead atoms. The van der Waals surface area contributed by atoms with E-state index >= 15 is 0 Å². The topological polar surface area (TPSA) is 78.0 Å². The van der Waals surface area contributed by atoms with Gasteiger partial charge in [-0.3, -0.25) is 9.79 Å². The third kappa shape index (κ3) is 11.3. The fourth-order valence-electron chi connectivity index (χ4n) is 2.86. The van der Waals surface area contributed by atoms with Crippen LogP contribution in [0.1, 0.15) is 44.0 Å². The molecule has 0 heterocycles. The van der Waals surface area contributed by atoms with Gasteiger partial charge in [0.25, 0.3) is 5.91 Å². The van der Waals surface area contributed by atoms with Crippen molar-refractivity contribution in [1.29, 1.82) is 0 Å². The van der Waals surface area contributed by atoms with Crippen LogP contribution in [-0.2, 0) is 0 Å². The largest absolute Gasteiger partial charge is 0.497 e. The van der Waals surface area contributed by atoms with Gasteiger partial charge < -0.3 is 25.6 Å². The predicted octanol–water partition coefficient (Wildman–Crippen LogP) is 2.72. The van der Waals surface area contributed by atoms with Gasteiger partial charge in [0.15, 0.2) is 5.96 Å². The lowest BCUT2D eigenvalue weighted by Gasteiger charge is -2.21. The van der Waals surface area contributed by atoms with E-state index in [2.05, 4.69) is 46.6 Å². The number of carbonyl (C=O) groups is 1. The lowest BCUT2D eigenvalue weighted by Crippen LogP contribution is -2.45. The minimum atomic E-state index is -0.0998. The van der Waals surface area contributed by atoms with Gasteiger partial charge in [-0.2, -0.15) is 0 Å². The summed E-state index contributed by atoms with van der Waals surface area (Å²) in [6, 6.07) is 7.40. The molecule has 0 fully saturated rings. The maximum absolute atomic E-state index is 12.1. The fraction of sp³-hybridized carbons (Fsp3) is 0.619. The van der Waals surface area contributed by atoms with Gasteiger partial charge in [-0.05, 0) is 63.7 Å². The van der Waals surface area contributed by atoms with Gasteiger partial charge in [-0.1, -0.05) is 13.8 Å². The van der Waals surface area contributed by atoms with Crippen LogP contribution in [0.25, 0.3) is 0 Å². The molecule has 0 aliphatic carbocycles. The standard InChI is InChI=1S/C21H37N5O2.HI/c1-6-26(7-2)16-8-9-17(3)25-21(22-4)24-15-14-23-20(27)18-10-12-19(28-5)13-11-18;/h10-13,17H,6-9,14-16H2,1-5H3,(H,23,27)(H2,22,24,25);1H. The van der Waals surface area contributed by atoms with Crippen molar-refractivity contribution in [1.82, 2.24) is 20.9 Å². The van der Waals surface area contributed by atoms with Crippen LogP contribution in [0.5, 0.6) is 5.75 Å². The van der Waals surface area contributed by atoms with E-state index in [1.807, 2.05) is 0 Å². The predicted molar refractivity (Wildman–Crippen MR) is 132 cm³/mol. The Balaban J connectivity index is 0.00000784. The van der Waals surface area contributed by atoms with Gasteiger partial charge in [-0.15, -0.1) is 24.0 Å². The van der Waals surface area contributed by atoms with Gasteiger partial charge in [-0.25, -0.2) is 0 Å². The van der Waals surface area contributed by atoms with Gasteiger partial charge >= 0.3 is 0 Å². The average Bonchev–Trinajstić information content (AvgIpc) is 2.73. The molecule has 0 radical (unpaired) electrons. The highest BCUT2D eigenvalue weighted by Crippen LogP contribution is 2.10. The summed E-state index contributed by atoms with van der Waals surface area (Å²) in [5.41, 5.74) is 0.616. The molecule has 1 amide bonds. The van der Waals surface area contributed by atoms with E-state index in [1.54, 1.807) is 38.4 Å². The second kappa shape index (κ2) is 16.3. The molecule has 0 spiro atoms.